The lowest BCUT2D eigenvalue weighted by atomic mass is 9.95. The van der Waals surface area contributed by atoms with E-state index >= 15 is 0 Å². The topological polar surface area (TPSA) is 85.3 Å². The normalized spacial score (nSPS) is 16.7. The van der Waals surface area contributed by atoms with Crippen molar-refractivity contribution < 1.29 is 28.9 Å². The van der Waals surface area contributed by atoms with Crippen molar-refractivity contribution in [3.63, 3.8) is 0 Å². The number of ether oxygens (including phenoxy) is 3. The smallest absolute Gasteiger partial charge is 0.295 e. The Morgan fingerprint density at radius 1 is 0.946 bits per heavy atom. The van der Waals surface area contributed by atoms with E-state index in [0.717, 1.165) is 11.1 Å². The molecule has 0 bridgehead atoms. The zero-order valence-electron chi connectivity index (χ0n) is 21.3. The molecule has 192 valence electrons. The molecule has 1 aliphatic heterocycles. The number of hydrogen-bond donors (Lipinski definition) is 1. The monoisotopic (exact) mass is 501 g/mol. The highest BCUT2D eigenvalue weighted by Crippen LogP contribution is 2.40. The van der Waals surface area contributed by atoms with Crippen LogP contribution in [0.4, 0.5) is 0 Å². The molecule has 1 amide bonds. The van der Waals surface area contributed by atoms with E-state index in [1.165, 1.54) is 4.90 Å². The molecule has 1 unspecified atom stereocenters. The first-order chi connectivity index (χ1) is 17.9. The van der Waals surface area contributed by atoms with Crippen molar-refractivity contribution in [2.75, 3.05) is 27.4 Å². The molecule has 0 aromatic heterocycles. The summed E-state index contributed by atoms with van der Waals surface area (Å²) >= 11 is 0. The average molecular weight is 502 g/mol. The van der Waals surface area contributed by atoms with Gasteiger partial charge in [0.25, 0.3) is 11.7 Å². The van der Waals surface area contributed by atoms with Gasteiger partial charge >= 0.3 is 0 Å². The number of aliphatic hydroxyl groups excluding tert-OH is 1. The number of benzene rings is 3. The second-order valence-electron chi connectivity index (χ2n) is 8.91. The number of aryl methyl sites for hydroxylation is 1. The Morgan fingerprint density at radius 3 is 2.30 bits per heavy atom. The van der Waals surface area contributed by atoms with Crippen molar-refractivity contribution >= 4 is 17.4 Å². The van der Waals surface area contributed by atoms with Gasteiger partial charge in [-0.2, -0.15) is 0 Å². The summed E-state index contributed by atoms with van der Waals surface area (Å²) in [6.07, 6.45) is 0.559. The molecule has 1 heterocycles. The Labute approximate surface area is 216 Å². The van der Waals surface area contributed by atoms with Crippen molar-refractivity contribution in [3.8, 4) is 11.5 Å². The van der Waals surface area contributed by atoms with Crippen LogP contribution >= 0.6 is 0 Å². The van der Waals surface area contributed by atoms with Crippen LogP contribution in [-0.2, 0) is 20.9 Å². The number of aliphatic hydroxyl groups is 1. The zero-order valence-corrected chi connectivity index (χ0v) is 21.3. The fourth-order valence-electron chi connectivity index (χ4n) is 4.46. The molecule has 3 aromatic rings. The molecule has 0 saturated carbocycles. The number of rotatable bonds is 10. The Hall–Kier alpha value is -4.10. The van der Waals surface area contributed by atoms with Crippen molar-refractivity contribution in [2.24, 2.45) is 0 Å². The van der Waals surface area contributed by atoms with Crippen LogP contribution in [0.15, 0.2) is 78.4 Å². The predicted octanol–water partition coefficient (Wildman–Crippen LogP) is 5.04. The molecule has 7 nitrogen and oxygen atoms in total. The number of nitrogens with zero attached hydrogens (tertiary/aromatic N) is 1. The third-order valence-corrected chi connectivity index (χ3v) is 6.33. The number of methoxy groups -OCH3 is 2. The summed E-state index contributed by atoms with van der Waals surface area (Å²) in [4.78, 5) is 27.6. The van der Waals surface area contributed by atoms with E-state index in [0.29, 0.717) is 48.8 Å². The number of hydrogen-bond acceptors (Lipinski definition) is 6. The maximum atomic E-state index is 13.1. The SMILES string of the molecule is COCCCN1C(=O)C(=O)C(=C(O)c2ccc(OCc3cccc(C)c3)cc2)C1c1ccc(OC)cc1. The van der Waals surface area contributed by atoms with Crippen molar-refractivity contribution in [2.45, 2.75) is 26.0 Å². The minimum absolute atomic E-state index is 0.0565. The van der Waals surface area contributed by atoms with Gasteiger partial charge in [-0.25, -0.2) is 0 Å². The van der Waals surface area contributed by atoms with Gasteiger partial charge in [-0.15, -0.1) is 0 Å². The first-order valence-corrected chi connectivity index (χ1v) is 12.1. The third-order valence-electron chi connectivity index (χ3n) is 6.33. The molecule has 7 heteroatoms. The second kappa shape index (κ2) is 11.8. The first kappa shape index (κ1) is 26.0. The fourth-order valence-corrected chi connectivity index (χ4v) is 4.46. The lowest BCUT2D eigenvalue weighted by Crippen LogP contribution is -2.31. The van der Waals surface area contributed by atoms with E-state index in [-0.39, 0.29) is 11.3 Å². The van der Waals surface area contributed by atoms with E-state index in [4.69, 9.17) is 14.2 Å². The van der Waals surface area contributed by atoms with Crippen LogP contribution in [0.25, 0.3) is 5.76 Å². The fraction of sp³-hybridized carbons (Fsp3) is 0.267. The summed E-state index contributed by atoms with van der Waals surface area (Å²) in [5, 5.41) is 11.2. The molecule has 0 radical (unpaired) electrons. The molecule has 37 heavy (non-hydrogen) atoms. The molecule has 1 saturated heterocycles. The Balaban J connectivity index is 1.63. The summed E-state index contributed by atoms with van der Waals surface area (Å²) in [6, 6.07) is 21.3. The molecule has 1 fully saturated rings. The minimum atomic E-state index is -0.722. The maximum Gasteiger partial charge on any atom is 0.295 e. The third kappa shape index (κ3) is 5.84. The quantitative estimate of drug-likeness (QED) is 0.181. The highest BCUT2D eigenvalue weighted by molar-refractivity contribution is 6.46. The van der Waals surface area contributed by atoms with Crippen LogP contribution in [0, 0.1) is 6.92 Å². The van der Waals surface area contributed by atoms with E-state index in [9.17, 15) is 14.7 Å². The number of likely N-dealkylation sites (tertiary alicyclic amines) is 1. The molecular formula is C30H31NO6. The van der Waals surface area contributed by atoms with Gasteiger partial charge in [-0.1, -0.05) is 42.0 Å². The van der Waals surface area contributed by atoms with E-state index < -0.39 is 17.7 Å². The van der Waals surface area contributed by atoms with E-state index in [2.05, 4.69) is 6.07 Å². The summed E-state index contributed by atoms with van der Waals surface area (Å²) in [5.74, 6) is -0.295. The highest BCUT2D eigenvalue weighted by Gasteiger charge is 2.45. The van der Waals surface area contributed by atoms with Gasteiger partial charge < -0.3 is 24.2 Å². The lowest BCUT2D eigenvalue weighted by molar-refractivity contribution is -0.140. The zero-order chi connectivity index (χ0) is 26.4. The van der Waals surface area contributed by atoms with Crippen LogP contribution in [-0.4, -0.2) is 49.1 Å². The summed E-state index contributed by atoms with van der Waals surface area (Å²) in [6.45, 7) is 3.21. The van der Waals surface area contributed by atoms with Gasteiger partial charge in [0, 0.05) is 25.8 Å². The largest absolute Gasteiger partial charge is 0.507 e. The number of carbonyl (C=O) groups is 2. The number of amides is 1. The van der Waals surface area contributed by atoms with Gasteiger partial charge in [0.05, 0.1) is 18.7 Å². The van der Waals surface area contributed by atoms with Crippen molar-refractivity contribution in [1.82, 2.24) is 4.90 Å². The molecule has 1 atom stereocenters. The van der Waals surface area contributed by atoms with Gasteiger partial charge in [0.1, 0.15) is 23.9 Å². The summed E-state index contributed by atoms with van der Waals surface area (Å²) in [7, 11) is 3.16. The summed E-state index contributed by atoms with van der Waals surface area (Å²) in [5.41, 5.74) is 3.40. The predicted molar refractivity (Wildman–Crippen MR) is 140 cm³/mol. The number of carbonyl (C=O) groups excluding carboxylic acids is 2. The van der Waals surface area contributed by atoms with Crippen LogP contribution < -0.4 is 9.47 Å². The molecule has 4 rings (SSSR count). The van der Waals surface area contributed by atoms with Crippen LogP contribution in [0.5, 0.6) is 11.5 Å². The lowest BCUT2D eigenvalue weighted by Gasteiger charge is -2.25. The first-order valence-electron chi connectivity index (χ1n) is 12.1. The second-order valence-corrected chi connectivity index (χ2v) is 8.91. The summed E-state index contributed by atoms with van der Waals surface area (Å²) < 4.78 is 16.3. The standard InChI is InChI=1S/C30H31NO6/c1-20-6-4-7-21(18-20)19-37-25-14-10-23(11-15-25)28(32)26-27(22-8-12-24(36-3)13-9-22)31(16-5-17-35-2)30(34)29(26)33/h4,6-15,18,27,32H,5,16-17,19H2,1-3H3. The van der Waals surface area contributed by atoms with Gasteiger partial charge in [-0.3, -0.25) is 9.59 Å². The average Bonchev–Trinajstić information content (AvgIpc) is 3.17. The Morgan fingerprint density at radius 2 is 1.65 bits per heavy atom. The molecule has 1 aliphatic rings. The molecule has 0 aliphatic carbocycles. The number of ketones is 1. The number of Topliss-reactive ketones (excluding diaryl/α,β-unsaturated/α-hetero) is 1. The van der Waals surface area contributed by atoms with Crippen molar-refractivity contribution in [1.29, 1.82) is 0 Å². The molecule has 0 spiro atoms. The van der Waals surface area contributed by atoms with Gasteiger partial charge in [0.15, 0.2) is 0 Å². The minimum Gasteiger partial charge on any atom is -0.507 e. The molecule has 3 aromatic carbocycles. The van der Waals surface area contributed by atoms with Gasteiger partial charge in [0.2, 0.25) is 0 Å². The highest BCUT2D eigenvalue weighted by atomic mass is 16.5. The van der Waals surface area contributed by atoms with E-state index in [1.54, 1.807) is 62.8 Å². The molecule has 1 N–H and O–H groups in total. The Kier molecular flexibility index (Phi) is 8.25. The van der Waals surface area contributed by atoms with Gasteiger partial charge in [-0.05, 0) is 60.9 Å². The maximum absolute atomic E-state index is 13.1. The van der Waals surface area contributed by atoms with Crippen molar-refractivity contribution in [3.05, 3.63) is 101 Å². The van der Waals surface area contributed by atoms with Crippen LogP contribution in [0.3, 0.4) is 0 Å². The Bertz CT molecular complexity index is 1280. The van der Waals surface area contributed by atoms with Crippen LogP contribution in [0.1, 0.15) is 34.7 Å². The van der Waals surface area contributed by atoms with E-state index in [1.807, 2.05) is 25.1 Å². The van der Waals surface area contributed by atoms with Crippen LogP contribution in [0.2, 0.25) is 0 Å². The molecular weight excluding hydrogens is 470 g/mol.